The van der Waals surface area contributed by atoms with Gasteiger partial charge in [-0.25, -0.2) is 0 Å². The van der Waals surface area contributed by atoms with Gasteiger partial charge in [0.25, 0.3) is 5.91 Å². The Labute approximate surface area is 163 Å². The summed E-state index contributed by atoms with van der Waals surface area (Å²) in [4.78, 5) is 25.5. The molecule has 2 aromatic carbocycles. The zero-order valence-electron chi connectivity index (χ0n) is 15.0. The van der Waals surface area contributed by atoms with E-state index in [2.05, 4.69) is 5.32 Å². The Kier molecular flexibility index (Phi) is 5.21. The number of alkyl halides is 3. The van der Waals surface area contributed by atoms with Crippen LogP contribution in [0.5, 0.6) is 0 Å². The van der Waals surface area contributed by atoms with Gasteiger partial charge in [0, 0.05) is 28.8 Å². The van der Waals surface area contributed by atoms with Crippen LogP contribution in [0.15, 0.2) is 47.4 Å². The van der Waals surface area contributed by atoms with Crippen LogP contribution in [-0.4, -0.2) is 10.5 Å². The van der Waals surface area contributed by atoms with Gasteiger partial charge in [-0.3, -0.25) is 9.59 Å². The molecule has 0 atom stereocenters. The number of pyridine rings is 1. The predicted molar refractivity (Wildman–Crippen MR) is 103 cm³/mol. The summed E-state index contributed by atoms with van der Waals surface area (Å²) in [5, 5.41) is 2.89. The number of carbonyl (C=O) groups is 1. The van der Waals surface area contributed by atoms with E-state index >= 15 is 0 Å². The molecule has 3 aromatic rings. The molecular weight excluding hydrogens is 393 g/mol. The first kappa shape index (κ1) is 19.9. The molecule has 0 radical (unpaired) electrons. The Hall–Kier alpha value is -2.80. The number of hydrogen-bond donors (Lipinski definition) is 1. The summed E-state index contributed by atoms with van der Waals surface area (Å²) in [7, 11) is 0. The molecule has 0 aliphatic rings. The Morgan fingerprint density at radius 1 is 1.21 bits per heavy atom. The summed E-state index contributed by atoms with van der Waals surface area (Å²) in [6.07, 6.45) is -3.24. The van der Waals surface area contributed by atoms with Crippen molar-refractivity contribution in [2.75, 3.05) is 5.32 Å². The molecule has 0 aliphatic carbocycles. The molecule has 146 valence electrons. The topological polar surface area (TPSA) is 51.1 Å². The van der Waals surface area contributed by atoms with Gasteiger partial charge in [0.2, 0.25) is 5.43 Å². The summed E-state index contributed by atoms with van der Waals surface area (Å²) < 4.78 is 40.7. The molecule has 0 bridgehead atoms. The zero-order chi connectivity index (χ0) is 20.6. The number of aromatic nitrogens is 1. The van der Waals surface area contributed by atoms with Crippen LogP contribution in [-0.2, 0) is 12.7 Å². The number of halogens is 4. The molecule has 8 heteroatoms. The third kappa shape index (κ3) is 3.62. The first-order valence-corrected chi connectivity index (χ1v) is 8.82. The lowest BCUT2D eigenvalue weighted by atomic mass is 10.1. The van der Waals surface area contributed by atoms with Crippen LogP contribution in [0, 0.1) is 6.92 Å². The van der Waals surface area contributed by atoms with E-state index in [1.54, 1.807) is 36.6 Å². The second-order valence-corrected chi connectivity index (χ2v) is 6.66. The van der Waals surface area contributed by atoms with Crippen molar-refractivity contribution in [3.05, 3.63) is 74.5 Å². The minimum Gasteiger partial charge on any atom is -0.347 e. The van der Waals surface area contributed by atoms with Crippen LogP contribution >= 0.6 is 11.6 Å². The molecule has 1 aromatic heterocycles. The quantitative estimate of drug-likeness (QED) is 0.643. The number of rotatable bonds is 3. The molecule has 0 unspecified atom stereocenters. The number of aryl methyl sites for hydroxylation is 1. The summed E-state index contributed by atoms with van der Waals surface area (Å²) >= 11 is 6.04. The van der Waals surface area contributed by atoms with Gasteiger partial charge in [-0.05, 0) is 49.7 Å². The Bertz CT molecular complexity index is 1140. The normalized spacial score (nSPS) is 11.6. The monoisotopic (exact) mass is 408 g/mol. The number of amides is 1. The number of anilines is 1. The van der Waals surface area contributed by atoms with Crippen LogP contribution in [0.3, 0.4) is 0 Å². The molecule has 3 rings (SSSR count). The maximum absolute atomic E-state index is 13.1. The summed E-state index contributed by atoms with van der Waals surface area (Å²) in [5.74, 6) is -0.711. The first-order valence-electron chi connectivity index (χ1n) is 8.44. The highest BCUT2D eigenvalue weighted by Crippen LogP contribution is 2.31. The average molecular weight is 409 g/mol. The maximum atomic E-state index is 13.1. The number of nitrogens with zero attached hydrogens (tertiary/aromatic N) is 1. The average Bonchev–Trinajstić information content (AvgIpc) is 2.64. The molecule has 1 amide bonds. The lowest BCUT2D eigenvalue weighted by Crippen LogP contribution is -2.24. The third-order valence-electron chi connectivity index (χ3n) is 4.51. The molecule has 28 heavy (non-hydrogen) atoms. The highest BCUT2D eigenvalue weighted by Gasteiger charge is 2.31. The van der Waals surface area contributed by atoms with Crippen LogP contribution in [0.2, 0.25) is 5.02 Å². The van der Waals surface area contributed by atoms with E-state index < -0.39 is 23.1 Å². The summed E-state index contributed by atoms with van der Waals surface area (Å²) in [6, 6.07) is 7.87. The second kappa shape index (κ2) is 7.31. The van der Waals surface area contributed by atoms with Crippen molar-refractivity contribution in [3.63, 3.8) is 0 Å². The van der Waals surface area contributed by atoms with Gasteiger partial charge in [0.1, 0.15) is 5.56 Å². The standard InChI is InChI=1S/C20H16ClF3N2O2/c1-3-26-10-14(19(28)25-16-6-4-5-15(21)11(16)2)18(27)13-9-12(20(22,23)24)7-8-17(13)26/h4-10H,3H2,1-2H3,(H,25,28). The van der Waals surface area contributed by atoms with Crippen LogP contribution in [0.25, 0.3) is 10.9 Å². The Morgan fingerprint density at radius 3 is 2.57 bits per heavy atom. The summed E-state index contributed by atoms with van der Waals surface area (Å²) in [6.45, 7) is 3.85. The Morgan fingerprint density at radius 2 is 1.93 bits per heavy atom. The number of benzene rings is 2. The molecule has 1 heterocycles. The van der Waals surface area contributed by atoms with E-state index in [1.807, 2.05) is 0 Å². The summed E-state index contributed by atoms with van der Waals surface area (Å²) in [5.41, 5.74) is -0.576. The van der Waals surface area contributed by atoms with Crippen LogP contribution in [0.4, 0.5) is 18.9 Å². The fraction of sp³-hybridized carbons (Fsp3) is 0.200. The van der Waals surface area contributed by atoms with Gasteiger partial charge >= 0.3 is 6.18 Å². The molecule has 0 saturated heterocycles. The first-order chi connectivity index (χ1) is 13.1. The molecule has 0 fully saturated rings. The largest absolute Gasteiger partial charge is 0.416 e. The van der Waals surface area contributed by atoms with E-state index in [-0.39, 0.29) is 10.9 Å². The molecular formula is C20H16ClF3N2O2. The molecule has 4 nitrogen and oxygen atoms in total. The van der Waals surface area contributed by atoms with E-state index in [4.69, 9.17) is 11.6 Å². The van der Waals surface area contributed by atoms with Crippen molar-refractivity contribution >= 4 is 34.1 Å². The lowest BCUT2D eigenvalue weighted by molar-refractivity contribution is -0.137. The molecule has 0 aliphatic heterocycles. The van der Waals surface area contributed by atoms with Gasteiger partial charge < -0.3 is 9.88 Å². The van der Waals surface area contributed by atoms with Crippen molar-refractivity contribution in [1.82, 2.24) is 4.57 Å². The SMILES string of the molecule is CCn1cc(C(=O)Nc2cccc(Cl)c2C)c(=O)c2cc(C(F)(F)F)ccc21. The van der Waals surface area contributed by atoms with Crippen molar-refractivity contribution in [2.45, 2.75) is 26.6 Å². The van der Waals surface area contributed by atoms with Gasteiger partial charge in [-0.15, -0.1) is 0 Å². The van der Waals surface area contributed by atoms with Gasteiger partial charge in [-0.1, -0.05) is 17.7 Å². The third-order valence-corrected chi connectivity index (χ3v) is 4.92. The maximum Gasteiger partial charge on any atom is 0.416 e. The fourth-order valence-electron chi connectivity index (χ4n) is 2.93. The van der Waals surface area contributed by atoms with E-state index in [0.29, 0.717) is 28.3 Å². The number of nitrogens with one attached hydrogen (secondary N) is 1. The van der Waals surface area contributed by atoms with Crippen molar-refractivity contribution in [2.24, 2.45) is 0 Å². The predicted octanol–water partition coefficient (Wildman–Crippen LogP) is 5.25. The molecule has 0 saturated carbocycles. The minimum atomic E-state index is -4.59. The van der Waals surface area contributed by atoms with Gasteiger partial charge in [0.15, 0.2) is 0 Å². The van der Waals surface area contributed by atoms with Gasteiger partial charge in [-0.2, -0.15) is 13.2 Å². The highest BCUT2D eigenvalue weighted by atomic mass is 35.5. The smallest absolute Gasteiger partial charge is 0.347 e. The molecule has 0 spiro atoms. The zero-order valence-corrected chi connectivity index (χ0v) is 15.8. The van der Waals surface area contributed by atoms with E-state index in [0.717, 1.165) is 12.1 Å². The lowest BCUT2D eigenvalue weighted by Gasteiger charge is -2.14. The fourth-order valence-corrected chi connectivity index (χ4v) is 3.10. The highest BCUT2D eigenvalue weighted by molar-refractivity contribution is 6.31. The van der Waals surface area contributed by atoms with Crippen molar-refractivity contribution in [1.29, 1.82) is 0 Å². The van der Waals surface area contributed by atoms with Crippen LogP contribution < -0.4 is 10.7 Å². The minimum absolute atomic E-state index is 0.160. The Balaban J connectivity index is 2.15. The van der Waals surface area contributed by atoms with Crippen molar-refractivity contribution in [3.8, 4) is 0 Å². The van der Waals surface area contributed by atoms with Crippen molar-refractivity contribution < 1.29 is 18.0 Å². The molecule has 1 N–H and O–H groups in total. The number of fused-ring (bicyclic) bond motifs is 1. The van der Waals surface area contributed by atoms with E-state index in [9.17, 15) is 22.8 Å². The van der Waals surface area contributed by atoms with Crippen LogP contribution in [0.1, 0.15) is 28.4 Å². The second-order valence-electron chi connectivity index (χ2n) is 6.25. The number of hydrogen-bond acceptors (Lipinski definition) is 2. The number of carbonyl (C=O) groups excluding carboxylic acids is 1. The van der Waals surface area contributed by atoms with Gasteiger partial charge in [0.05, 0.1) is 11.1 Å². The van der Waals surface area contributed by atoms with E-state index in [1.165, 1.54) is 12.3 Å².